The molecule has 0 bridgehead atoms. The fourth-order valence-electron chi connectivity index (χ4n) is 1.16. The third-order valence-corrected chi connectivity index (χ3v) is 2.68. The zero-order valence-electron chi connectivity index (χ0n) is 9.02. The average molecular weight is 372 g/mol. The Kier molecular flexibility index (Phi) is 4.87. The highest BCUT2D eigenvalue weighted by atomic mass is 127. The molecule has 0 fully saturated rings. The van der Waals surface area contributed by atoms with Gasteiger partial charge in [0, 0.05) is 6.07 Å². The fraction of sp³-hybridized carbons (Fsp3) is 0.333. The van der Waals surface area contributed by atoms with Crippen LogP contribution in [0.1, 0.15) is 29.4 Å². The number of halogens is 3. The normalized spacial score (nSPS) is 10.5. The van der Waals surface area contributed by atoms with Gasteiger partial charge in [0.15, 0.2) is 3.70 Å². The number of alkyl halides is 2. The van der Waals surface area contributed by atoms with Crippen LogP contribution >= 0.6 is 22.6 Å². The number of esters is 1. The average Bonchev–Trinajstić information content (AvgIpc) is 2.28. The molecule has 0 saturated heterocycles. The van der Waals surface area contributed by atoms with Crippen molar-refractivity contribution in [1.82, 2.24) is 4.98 Å². The van der Waals surface area contributed by atoms with Crippen LogP contribution in [-0.2, 0) is 4.74 Å². The molecule has 6 nitrogen and oxygen atoms in total. The van der Waals surface area contributed by atoms with E-state index in [4.69, 9.17) is 0 Å². The van der Waals surface area contributed by atoms with E-state index in [0.717, 1.165) is 6.07 Å². The van der Waals surface area contributed by atoms with Crippen molar-refractivity contribution in [3.05, 3.63) is 31.1 Å². The molecule has 0 aliphatic carbocycles. The van der Waals surface area contributed by atoms with Gasteiger partial charge in [-0.15, -0.1) is 0 Å². The largest absolute Gasteiger partial charge is 0.462 e. The highest BCUT2D eigenvalue weighted by Crippen LogP contribution is 2.28. The standard InChI is InChI=1S/C9H7F2IN2O4/c1-2-18-9(15)4-3-5(14(16)17)8(12)13-6(4)7(10)11/h3,7H,2H2,1H3. The van der Waals surface area contributed by atoms with Gasteiger partial charge in [0.25, 0.3) is 6.43 Å². The maximum atomic E-state index is 12.7. The van der Waals surface area contributed by atoms with Crippen LogP contribution in [-0.4, -0.2) is 22.5 Å². The van der Waals surface area contributed by atoms with E-state index in [1.54, 1.807) is 0 Å². The van der Waals surface area contributed by atoms with Crippen molar-refractivity contribution in [2.45, 2.75) is 13.3 Å². The summed E-state index contributed by atoms with van der Waals surface area (Å²) in [6, 6.07) is 0.758. The molecule has 0 atom stereocenters. The Morgan fingerprint density at radius 2 is 2.28 bits per heavy atom. The lowest BCUT2D eigenvalue weighted by atomic mass is 10.2. The van der Waals surface area contributed by atoms with E-state index >= 15 is 0 Å². The molecule has 0 N–H and O–H groups in total. The molecule has 9 heteroatoms. The SMILES string of the molecule is CCOC(=O)c1cc([N+](=O)[O-])c(I)nc1C(F)F. The predicted octanol–water partition coefficient (Wildman–Crippen LogP) is 2.71. The molecule has 0 amide bonds. The molecule has 0 radical (unpaired) electrons. The molecule has 0 spiro atoms. The van der Waals surface area contributed by atoms with Gasteiger partial charge in [-0.25, -0.2) is 18.6 Å². The van der Waals surface area contributed by atoms with Gasteiger partial charge in [-0.1, -0.05) is 0 Å². The van der Waals surface area contributed by atoms with Crippen molar-refractivity contribution < 1.29 is 23.2 Å². The summed E-state index contributed by atoms with van der Waals surface area (Å²) in [5, 5.41) is 10.7. The summed E-state index contributed by atoms with van der Waals surface area (Å²) in [5.74, 6) is -1.06. The third kappa shape index (κ3) is 3.09. The van der Waals surface area contributed by atoms with Crippen LogP contribution in [0.5, 0.6) is 0 Å². The summed E-state index contributed by atoms with van der Waals surface area (Å²) in [6.07, 6.45) is -3.02. The van der Waals surface area contributed by atoms with Gasteiger partial charge >= 0.3 is 11.7 Å². The Bertz CT molecular complexity index is 496. The number of hydrogen-bond donors (Lipinski definition) is 0. The minimum absolute atomic E-state index is 0.0265. The van der Waals surface area contributed by atoms with E-state index in [1.807, 2.05) is 0 Å². The molecule has 0 aliphatic rings. The molecule has 18 heavy (non-hydrogen) atoms. The topological polar surface area (TPSA) is 82.3 Å². The lowest BCUT2D eigenvalue weighted by Gasteiger charge is -2.08. The van der Waals surface area contributed by atoms with E-state index in [9.17, 15) is 23.7 Å². The Labute approximate surface area is 114 Å². The van der Waals surface area contributed by atoms with Gasteiger partial charge in [-0.2, -0.15) is 0 Å². The van der Waals surface area contributed by atoms with Gasteiger partial charge in [0.05, 0.1) is 17.1 Å². The summed E-state index contributed by atoms with van der Waals surface area (Å²) >= 11 is 1.46. The second-order valence-corrected chi connectivity index (χ2v) is 4.03. The highest BCUT2D eigenvalue weighted by molar-refractivity contribution is 14.1. The molecule has 98 valence electrons. The van der Waals surface area contributed by atoms with Crippen molar-refractivity contribution in [2.24, 2.45) is 0 Å². The number of carbonyl (C=O) groups is 1. The predicted molar refractivity (Wildman–Crippen MR) is 64.5 cm³/mol. The van der Waals surface area contributed by atoms with E-state index in [-0.39, 0.29) is 10.3 Å². The number of pyridine rings is 1. The van der Waals surface area contributed by atoms with E-state index in [2.05, 4.69) is 9.72 Å². The lowest BCUT2D eigenvalue weighted by Crippen LogP contribution is -2.12. The number of aromatic nitrogens is 1. The second-order valence-electron chi connectivity index (χ2n) is 3.01. The Morgan fingerprint density at radius 1 is 1.67 bits per heavy atom. The van der Waals surface area contributed by atoms with Gasteiger partial charge < -0.3 is 4.74 Å². The smallest absolute Gasteiger partial charge is 0.340 e. The van der Waals surface area contributed by atoms with Gasteiger partial charge in [0.2, 0.25) is 0 Å². The third-order valence-electron chi connectivity index (χ3n) is 1.89. The van der Waals surface area contributed by atoms with Crippen molar-refractivity contribution in [2.75, 3.05) is 6.61 Å². The van der Waals surface area contributed by atoms with Gasteiger partial charge in [0.1, 0.15) is 5.69 Å². The highest BCUT2D eigenvalue weighted by Gasteiger charge is 2.27. The summed E-state index contributed by atoms with van der Waals surface area (Å²) < 4.78 is 29.7. The summed E-state index contributed by atoms with van der Waals surface area (Å²) in [4.78, 5) is 24.7. The Morgan fingerprint density at radius 3 is 2.72 bits per heavy atom. The fourth-order valence-corrected chi connectivity index (χ4v) is 1.77. The number of nitro groups is 1. The first-order valence-electron chi connectivity index (χ1n) is 4.68. The zero-order chi connectivity index (χ0) is 13.9. The number of hydrogen-bond acceptors (Lipinski definition) is 5. The van der Waals surface area contributed by atoms with E-state index < -0.39 is 34.3 Å². The summed E-state index contributed by atoms with van der Waals surface area (Å²) in [6.45, 7) is 1.47. The minimum Gasteiger partial charge on any atom is -0.462 e. The molecule has 1 heterocycles. The Hall–Kier alpha value is -1.39. The van der Waals surface area contributed by atoms with Gasteiger partial charge in [-0.3, -0.25) is 10.1 Å². The first-order valence-corrected chi connectivity index (χ1v) is 5.76. The lowest BCUT2D eigenvalue weighted by molar-refractivity contribution is -0.386. The first-order chi connectivity index (χ1) is 8.38. The first kappa shape index (κ1) is 14.7. The molecule has 0 aromatic carbocycles. The monoisotopic (exact) mass is 372 g/mol. The van der Waals surface area contributed by atoms with Crippen molar-refractivity contribution >= 4 is 34.2 Å². The summed E-state index contributed by atoms with van der Waals surface area (Å²) in [5.41, 5.74) is -1.91. The Balaban J connectivity index is 3.40. The van der Waals surface area contributed by atoms with Gasteiger partial charge in [-0.05, 0) is 29.5 Å². The maximum absolute atomic E-state index is 12.7. The molecule has 1 aromatic rings. The van der Waals surface area contributed by atoms with Crippen LogP contribution in [0.15, 0.2) is 6.07 Å². The molecule has 1 aromatic heterocycles. The molecular formula is C9H7F2IN2O4. The maximum Gasteiger partial charge on any atom is 0.340 e. The van der Waals surface area contributed by atoms with E-state index in [0.29, 0.717) is 0 Å². The number of rotatable bonds is 4. The molecular weight excluding hydrogens is 365 g/mol. The molecule has 0 unspecified atom stereocenters. The molecule has 0 aliphatic heterocycles. The number of nitrogens with zero attached hydrogens (tertiary/aromatic N) is 2. The van der Waals surface area contributed by atoms with Crippen molar-refractivity contribution in [3.8, 4) is 0 Å². The van der Waals surface area contributed by atoms with Crippen LogP contribution in [0, 0.1) is 13.8 Å². The number of ether oxygens (including phenoxy) is 1. The van der Waals surface area contributed by atoms with Crippen LogP contribution < -0.4 is 0 Å². The molecule has 0 saturated carbocycles. The van der Waals surface area contributed by atoms with Crippen molar-refractivity contribution in [1.29, 1.82) is 0 Å². The molecule has 1 rings (SSSR count). The summed E-state index contributed by atoms with van der Waals surface area (Å²) in [7, 11) is 0. The van der Waals surface area contributed by atoms with Crippen molar-refractivity contribution in [3.63, 3.8) is 0 Å². The quantitative estimate of drug-likeness (QED) is 0.267. The minimum atomic E-state index is -3.02. The second kappa shape index (κ2) is 5.98. The van der Waals surface area contributed by atoms with Crippen LogP contribution in [0.2, 0.25) is 0 Å². The number of carbonyl (C=O) groups excluding carboxylic acids is 1. The zero-order valence-corrected chi connectivity index (χ0v) is 11.2. The van der Waals surface area contributed by atoms with Crippen LogP contribution in [0.3, 0.4) is 0 Å². The van der Waals surface area contributed by atoms with Crippen LogP contribution in [0.4, 0.5) is 14.5 Å². The van der Waals surface area contributed by atoms with E-state index in [1.165, 1.54) is 29.5 Å². The van der Waals surface area contributed by atoms with Crippen LogP contribution in [0.25, 0.3) is 0 Å².